The lowest BCUT2D eigenvalue weighted by molar-refractivity contribution is -0.117. The van der Waals surface area contributed by atoms with Gasteiger partial charge in [-0.15, -0.1) is 0 Å². The minimum absolute atomic E-state index is 0.0490. The molecule has 0 N–H and O–H groups in total. The second kappa shape index (κ2) is 7.86. The molecule has 0 saturated carbocycles. The maximum atomic E-state index is 13.0. The number of aromatic nitrogens is 2. The van der Waals surface area contributed by atoms with E-state index in [0.29, 0.717) is 19.5 Å². The van der Waals surface area contributed by atoms with Crippen molar-refractivity contribution in [1.82, 2.24) is 9.55 Å². The van der Waals surface area contributed by atoms with E-state index >= 15 is 0 Å². The molecule has 1 aromatic heterocycles. The van der Waals surface area contributed by atoms with Crippen molar-refractivity contribution in [2.24, 2.45) is 0 Å². The molecule has 3 aromatic carbocycles. The molecule has 0 unspecified atom stereocenters. The number of halogens is 1. The molecule has 1 aliphatic rings. The van der Waals surface area contributed by atoms with Crippen LogP contribution in [0.2, 0.25) is 5.02 Å². The Labute approximate surface area is 187 Å². The number of imidazole rings is 1. The van der Waals surface area contributed by atoms with Crippen LogP contribution in [0.15, 0.2) is 66.7 Å². The smallest absolute Gasteiger partial charge is 0.227 e. The third-order valence-electron chi connectivity index (χ3n) is 6.07. The number of fused-ring (bicyclic) bond motifs is 1. The second-order valence-electron chi connectivity index (χ2n) is 8.37. The first-order valence-electron chi connectivity index (χ1n) is 10.6. The maximum absolute atomic E-state index is 13.0. The van der Waals surface area contributed by atoms with E-state index in [1.54, 1.807) is 0 Å². The van der Waals surface area contributed by atoms with Crippen molar-refractivity contribution in [1.29, 1.82) is 0 Å². The number of para-hydroxylation sites is 2. The summed E-state index contributed by atoms with van der Waals surface area (Å²) in [6.07, 6.45) is 0.470. The molecule has 0 aliphatic carbocycles. The number of rotatable bonds is 4. The van der Waals surface area contributed by atoms with E-state index in [1.807, 2.05) is 47.4 Å². The zero-order chi connectivity index (χ0) is 21.5. The van der Waals surface area contributed by atoms with Gasteiger partial charge in [0.15, 0.2) is 0 Å². The zero-order valence-electron chi connectivity index (χ0n) is 17.7. The number of carbonyl (C=O) groups excluding carboxylic acids is 1. The number of anilines is 1. The molecule has 0 bridgehead atoms. The molecule has 0 radical (unpaired) electrons. The summed E-state index contributed by atoms with van der Waals surface area (Å²) < 4.78 is 2.25. The van der Waals surface area contributed by atoms with Gasteiger partial charge in [-0.25, -0.2) is 4.98 Å². The molecular formula is C26H24ClN3O. The zero-order valence-corrected chi connectivity index (χ0v) is 18.4. The molecule has 1 amide bonds. The number of hydrogen-bond donors (Lipinski definition) is 0. The number of carbonyl (C=O) groups is 1. The summed E-state index contributed by atoms with van der Waals surface area (Å²) in [6.45, 7) is 5.48. The van der Waals surface area contributed by atoms with E-state index in [2.05, 4.69) is 42.7 Å². The molecule has 1 atom stereocenters. The molecule has 5 heteroatoms. The normalized spacial score (nSPS) is 16.4. The summed E-state index contributed by atoms with van der Waals surface area (Å²) in [7, 11) is 0. The first kappa shape index (κ1) is 19.8. The van der Waals surface area contributed by atoms with Crippen molar-refractivity contribution in [2.75, 3.05) is 11.4 Å². The van der Waals surface area contributed by atoms with Crippen LogP contribution in [0.5, 0.6) is 0 Å². The fourth-order valence-electron chi connectivity index (χ4n) is 4.57. The highest BCUT2D eigenvalue weighted by atomic mass is 35.5. The molecule has 31 heavy (non-hydrogen) atoms. The highest BCUT2D eigenvalue weighted by Crippen LogP contribution is 2.35. The van der Waals surface area contributed by atoms with Crippen LogP contribution in [0.4, 0.5) is 5.69 Å². The quantitative estimate of drug-likeness (QED) is 0.406. The van der Waals surface area contributed by atoms with Gasteiger partial charge in [-0.05, 0) is 55.3 Å². The number of amides is 1. The van der Waals surface area contributed by atoms with Gasteiger partial charge in [0.2, 0.25) is 5.91 Å². The van der Waals surface area contributed by atoms with Crippen LogP contribution in [0.3, 0.4) is 0 Å². The lowest BCUT2D eigenvalue weighted by atomic mass is 10.1. The van der Waals surface area contributed by atoms with E-state index in [1.165, 1.54) is 5.56 Å². The second-order valence-corrected chi connectivity index (χ2v) is 8.80. The van der Waals surface area contributed by atoms with Crippen LogP contribution in [-0.4, -0.2) is 22.0 Å². The SMILES string of the molecule is Cc1ccc(N2C[C@H](c3nc4ccccc4n3Cc3ccc(Cl)cc3)CC2=O)c(C)c1. The Bertz CT molecular complexity index is 1280. The van der Waals surface area contributed by atoms with E-state index in [4.69, 9.17) is 16.6 Å². The third kappa shape index (κ3) is 3.72. The van der Waals surface area contributed by atoms with Crippen LogP contribution in [0.1, 0.15) is 34.9 Å². The molecular weight excluding hydrogens is 406 g/mol. The van der Waals surface area contributed by atoms with Crippen LogP contribution < -0.4 is 4.90 Å². The number of nitrogens with zero attached hydrogens (tertiary/aromatic N) is 3. The molecule has 1 fully saturated rings. The number of hydrogen-bond acceptors (Lipinski definition) is 2. The lowest BCUT2D eigenvalue weighted by Crippen LogP contribution is -2.25. The van der Waals surface area contributed by atoms with Gasteiger partial charge in [-0.1, -0.05) is 53.6 Å². The Kier molecular flexibility index (Phi) is 5.03. The summed E-state index contributed by atoms with van der Waals surface area (Å²) in [5.41, 5.74) is 6.54. The molecule has 1 aliphatic heterocycles. The molecule has 0 spiro atoms. The Morgan fingerprint density at radius 2 is 1.81 bits per heavy atom. The summed E-state index contributed by atoms with van der Waals surface area (Å²) >= 11 is 6.07. The minimum Gasteiger partial charge on any atom is -0.323 e. The van der Waals surface area contributed by atoms with Crippen LogP contribution in [0, 0.1) is 13.8 Å². The van der Waals surface area contributed by atoms with E-state index < -0.39 is 0 Å². The standard InChI is InChI=1S/C26H24ClN3O/c1-17-7-12-23(18(2)13-17)29-16-20(14-25(29)31)26-28-22-5-3-4-6-24(22)30(26)15-19-8-10-21(27)11-9-19/h3-13,20H,14-16H2,1-2H3/t20-/m1/s1. The van der Waals surface area contributed by atoms with Crippen molar-refractivity contribution < 1.29 is 4.79 Å². The molecule has 4 aromatic rings. The van der Waals surface area contributed by atoms with Crippen molar-refractivity contribution >= 4 is 34.2 Å². The first-order valence-corrected chi connectivity index (χ1v) is 10.9. The average Bonchev–Trinajstić information content (AvgIpc) is 3.30. The van der Waals surface area contributed by atoms with E-state index in [-0.39, 0.29) is 11.8 Å². The fraction of sp³-hybridized carbons (Fsp3) is 0.231. The summed E-state index contributed by atoms with van der Waals surface area (Å²) in [5.74, 6) is 1.17. The average molecular weight is 430 g/mol. The van der Waals surface area contributed by atoms with Gasteiger partial charge >= 0.3 is 0 Å². The Hall–Kier alpha value is -3.11. The van der Waals surface area contributed by atoms with Crippen LogP contribution >= 0.6 is 11.6 Å². The largest absolute Gasteiger partial charge is 0.323 e. The van der Waals surface area contributed by atoms with Gasteiger partial charge in [0.1, 0.15) is 5.82 Å². The monoisotopic (exact) mass is 429 g/mol. The van der Waals surface area contributed by atoms with Crippen molar-refractivity contribution in [3.8, 4) is 0 Å². The van der Waals surface area contributed by atoms with Gasteiger partial charge in [0.25, 0.3) is 0 Å². The van der Waals surface area contributed by atoms with Gasteiger partial charge < -0.3 is 9.47 Å². The van der Waals surface area contributed by atoms with Crippen LogP contribution in [-0.2, 0) is 11.3 Å². The summed E-state index contributed by atoms with van der Waals surface area (Å²) in [4.78, 5) is 19.9. The maximum Gasteiger partial charge on any atom is 0.227 e. The van der Waals surface area contributed by atoms with Crippen molar-refractivity contribution in [2.45, 2.75) is 32.7 Å². The predicted molar refractivity (Wildman–Crippen MR) is 126 cm³/mol. The predicted octanol–water partition coefficient (Wildman–Crippen LogP) is 5.88. The lowest BCUT2D eigenvalue weighted by Gasteiger charge is -2.20. The molecule has 4 nitrogen and oxygen atoms in total. The van der Waals surface area contributed by atoms with E-state index in [0.717, 1.165) is 38.7 Å². The molecule has 156 valence electrons. The highest BCUT2D eigenvalue weighted by molar-refractivity contribution is 6.30. The van der Waals surface area contributed by atoms with Crippen molar-refractivity contribution in [3.05, 3.63) is 94.3 Å². The molecule has 2 heterocycles. The summed E-state index contributed by atoms with van der Waals surface area (Å²) in [6, 6.07) is 22.3. The summed E-state index contributed by atoms with van der Waals surface area (Å²) in [5, 5.41) is 0.727. The molecule has 5 rings (SSSR count). The van der Waals surface area contributed by atoms with Gasteiger partial charge in [-0.2, -0.15) is 0 Å². The number of benzene rings is 3. The van der Waals surface area contributed by atoms with Crippen LogP contribution in [0.25, 0.3) is 11.0 Å². The van der Waals surface area contributed by atoms with Gasteiger partial charge in [0.05, 0.1) is 11.0 Å². The molecule has 1 saturated heterocycles. The van der Waals surface area contributed by atoms with Gasteiger partial charge in [-0.3, -0.25) is 4.79 Å². The minimum atomic E-state index is 0.0490. The Balaban J connectivity index is 1.52. The van der Waals surface area contributed by atoms with Gasteiger partial charge in [0, 0.05) is 36.1 Å². The van der Waals surface area contributed by atoms with E-state index in [9.17, 15) is 4.79 Å². The first-order chi connectivity index (χ1) is 15.0. The highest BCUT2D eigenvalue weighted by Gasteiger charge is 2.35. The third-order valence-corrected chi connectivity index (χ3v) is 6.32. The Morgan fingerprint density at radius 1 is 1.03 bits per heavy atom. The number of aryl methyl sites for hydroxylation is 2. The van der Waals surface area contributed by atoms with Crippen molar-refractivity contribution in [3.63, 3.8) is 0 Å². The Morgan fingerprint density at radius 3 is 2.58 bits per heavy atom. The fourth-order valence-corrected chi connectivity index (χ4v) is 4.69. The topological polar surface area (TPSA) is 38.1 Å².